The Morgan fingerprint density at radius 1 is 1.14 bits per heavy atom. The molecule has 2 aliphatic rings. The standard InChI is InChI=1S/C29H32BrClF3N/c1-18-15-22(17-27(31)19(18)2)24(29(32,33)34)11-9-21-10-12-25(26(30)16-21)28(13-14-28)20(3)35-23-7-5-4-6-8-23/h9-12,15-17,23-24,35H,3-8,13-14H2,1-2H3/b11-9+. The smallest absolute Gasteiger partial charge is 0.385 e. The molecule has 2 aromatic carbocycles. The zero-order valence-corrected chi connectivity index (χ0v) is 22.6. The highest BCUT2D eigenvalue weighted by molar-refractivity contribution is 9.10. The van der Waals surface area contributed by atoms with Crippen LogP contribution < -0.4 is 5.32 Å². The summed E-state index contributed by atoms with van der Waals surface area (Å²) in [7, 11) is 0. The van der Waals surface area contributed by atoms with Crippen molar-refractivity contribution < 1.29 is 13.2 Å². The van der Waals surface area contributed by atoms with Crippen LogP contribution in [0, 0.1) is 13.8 Å². The third kappa shape index (κ3) is 5.83. The maximum absolute atomic E-state index is 13.9. The zero-order chi connectivity index (χ0) is 25.4. The van der Waals surface area contributed by atoms with E-state index in [1.807, 2.05) is 25.1 Å². The first-order chi connectivity index (χ1) is 16.5. The number of nitrogens with one attached hydrogen (secondary N) is 1. The van der Waals surface area contributed by atoms with Crippen molar-refractivity contribution in [2.45, 2.75) is 82.3 Å². The fourth-order valence-corrected chi connectivity index (χ4v) is 6.20. The summed E-state index contributed by atoms with van der Waals surface area (Å²) in [6, 6.07) is 9.32. The molecule has 1 nitrogen and oxygen atoms in total. The van der Waals surface area contributed by atoms with Crippen molar-refractivity contribution in [1.82, 2.24) is 5.32 Å². The minimum Gasteiger partial charge on any atom is -0.385 e. The number of allylic oxidation sites excluding steroid dienone is 2. The Balaban J connectivity index is 1.54. The molecule has 35 heavy (non-hydrogen) atoms. The molecule has 2 aromatic rings. The second-order valence-electron chi connectivity index (χ2n) is 10.1. The van der Waals surface area contributed by atoms with E-state index in [0.717, 1.165) is 39.7 Å². The number of hydrogen-bond donors (Lipinski definition) is 1. The van der Waals surface area contributed by atoms with Gasteiger partial charge in [-0.05, 0) is 79.5 Å². The summed E-state index contributed by atoms with van der Waals surface area (Å²) in [5.41, 5.74) is 4.54. The topological polar surface area (TPSA) is 12.0 Å². The Kier molecular flexibility index (Phi) is 7.78. The summed E-state index contributed by atoms with van der Waals surface area (Å²) in [5, 5.41) is 4.04. The van der Waals surface area contributed by atoms with Crippen LogP contribution in [0.4, 0.5) is 13.2 Å². The Hall–Kier alpha value is -1.72. The van der Waals surface area contributed by atoms with Gasteiger partial charge in [-0.2, -0.15) is 13.2 Å². The van der Waals surface area contributed by atoms with Gasteiger partial charge in [-0.25, -0.2) is 0 Å². The predicted octanol–water partition coefficient (Wildman–Crippen LogP) is 9.55. The lowest BCUT2D eigenvalue weighted by Crippen LogP contribution is -2.34. The van der Waals surface area contributed by atoms with Crippen LogP contribution in [0.25, 0.3) is 6.08 Å². The minimum atomic E-state index is -4.42. The van der Waals surface area contributed by atoms with E-state index in [-0.39, 0.29) is 11.0 Å². The Morgan fingerprint density at radius 3 is 2.40 bits per heavy atom. The van der Waals surface area contributed by atoms with E-state index in [9.17, 15) is 13.2 Å². The minimum absolute atomic E-state index is 0.0940. The van der Waals surface area contributed by atoms with E-state index in [2.05, 4.69) is 27.8 Å². The van der Waals surface area contributed by atoms with Gasteiger partial charge in [0.15, 0.2) is 0 Å². The number of rotatable bonds is 7. The molecule has 0 radical (unpaired) electrons. The molecule has 1 N–H and O–H groups in total. The van der Waals surface area contributed by atoms with Gasteiger partial charge in [0.25, 0.3) is 0 Å². The van der Waals surface area contributed by atoms with Gasteiger partial charge in [-0.15, -0.1) is 0 Å². The van der Waals surface area contributed by atoms with Gasteiger partial charge < -0.3 is 5.32 Å². The van der Waals surface area contributed by atoms with Crippen LogP contribution in [0.15, 0.2) is 53.2 Å². The van der Waals surface area contributed by atoms with Gasteiger partial charge >= 0.3 is 6.18 Å². The molecule has 0 aromatic heterocycles. The highest BCUT2D eigenvalue weighted by atomic mass is 79.9. The van der Waals surface area contributed by atoms with Crippen molar-refractivity contribution in [1.29, 1.82) is 0 Å². The van der Waals surface area contributed by atoms with Gasteiger partial charge in [0.1, 0.15) is 0 Å². The third-order valence-corrected chi connectivity index (χ3v) is 8.69. The highest BCUT2D eigenvalue weighted by Gasteiger charge is 2.48. The molecule has 0 amide bonds. The van der Waals surface area contributed by atoms with Crippen LogP contribution in [0.3, 0.4) is 0 Å². The van der Waals surface area contributed by atoms with Crippen molar-refractivity contribution in [3.05, 3.63) is 86.0 Å². The molecule has 0 saturated heterocycles. The van der Waals surface area contributed by atoms with Crippen LogP contribution in [0.1, 0.15) is 78.7 Å². The molecule has 0 heterocycles. The molecule has 188 valence electrons. The van der Waals surface area contributed by atoms with E-state index in [4.69, 9.17) is 11.6 Å². The quantitative estimate of drug-likeness (QED) is 0.352. The molecule has 1 atom stereocenters. The summed E-state index contributed by atoms with van der Waals surface area (Å²) in [5.74, 6) is -1.73. The number of alkyl halides is 3. The van der Waals surface area contributed by atoms with Gasteiger partial charge in [-0.1, -0.05) is 83.7 Å². The Bertz CT molecular complexity index is 1100. The Morgan fingerprint density at radius 2 is 1.83 bits per heavy atom. The van der Waals surface area contributed by atoms with Gasteiger partial charge in [0.05, 0.1) is 5.92 Å². The predicted molar refractivity (Wildman–Crippen MR) is 143 cm³/mol. The first-order valence-corrected chi connectivity index (χ1v) is 13.5. The maximum atomic E-state index is 13.9. The van der Waals surface area contributed by atoms with E-state index < -0.39 is 12.1 Å². The molecule has 1 unspecified atom stereocenters. The van der Waals surface area contributed by atoms with E-state index in [1.54, 1.807) is 19.1 Å². The molecule has 0 aliphatic heterocycles. The second-order valence-corrected chi connectivity index (χ2v) is 11.4. The Labute approximate surface area is 220 Å². The van der Waals surface area contributed by atoms with E-state index in [0.29, 0.717) is 16.6 Å². The first-order valence-electron chi connectivity index (χ1n) is 12.3. The molecular weight excluding hydrogens is 535 g/mol. The second kappa shape index (κ2) is 10.3. The highest BCUT2D eigenvalue weighted by Crippen LogP contribution is 2.54. The normalized spacial score (nSPS) is 19.1. The average molecular weight is 567 g/mol. The summed E-state index contributed by atoms with van der Waals surface area (Å²) < 4.78 is 42.7. The average Bonchev–Trinajstić information content (AvgIpc) is 3.59. The fourth-order valence-electron chi connectivity index (χ4n) is 5.15. The molecule has 4 rings (SSSR count). The van der Waals surface area contributed by atoms with E-state index in [1.165, 1.54) is 44.2 Å². The van der Waals surface area contributed by atoms with Crippen LogP contribution in [0.2, 0.25) is 5.02 Å². The molecule has 0 spiro atoms. The van der Waals surface area contributed by atoms with Gasteiger partial charge in [0.2, 0.25) is 0 Å². The maximum Gasteiger partial charge on any atom is 0.399 e. The van der Waals surface area contributed by atoms with Crippen LogP contribution in [-0.2, 0) is 5.41 Å². The van der Waals surface area contributed by atoms with Crippen molar-refractivity contribution in [3.8, 4) is 0 Å². The summed E-state index contributed by atoms with van der Waals surface area (Å²) >= 11 is 9.89. The van der Waals surface area contributed by atoms with Crippen LogP contribution in [0.5, 0.6) is 0 Å². The number of benzene rings is 2. The number of aryl methyl sites for hydroxylation is 1. The molecule has 0 bridgehead atoms. The molecule has 2 fully saturated rings. The monoisotopic (exact) mass is 565 g/mol. The van der Waals surface area contributed by atoms with Crippen molar-refractivity contribution >= 4 is 33.6 Å². The molecular formula is C29H32BrClF3N. The summed E-state index contributed by atoms with van der Waals surface area (Å²) in [4.78, 5) is 0. The van der Waals surface area contributed by atoms with Crippen molar-refractivity contribution in [3.63, 3.8) is 0 Å². The summed E-state index contributed by atoms with van der Waals surface area (Å²) in [6.45, 7) is 7.97. The summed E-state index contributed by atoms with van der Waals surface area (Å²) in [6.07, 6.45) is 6.61. The fraction of sp³-hybridized carbons (Fsp3) is 0.448. The number of halogens is 5. The van der Waals surface area contributed by atoms with E-state index >= 15 is 0 Å². The van der Waals surface area contributed by atoms with Gasteiger partial charge in [0, 0.05) is 26.6 Å². The molecule has 6 heteroatoms. The largest absolute Gasteiger partial charge is 0.399 e. The SMILES string of the molecule is C=C(NC1CCCCC1)C1(c2ccc(/C=C/C(c3cc(C)c(C)c(Cl)c3)C(F)(F)F)cc2Br)CC1. The molecule has 2 aliphatic carbocycles. The van der Waals surface area contributed by atoms with Crippen LogP contribution in [-0.4, -0.2) is 12.2 Å². The third-order valence-electron chi connectivity index (χ3n) is 7.64. The lowest BCUT2D eigenvalue weighted by atomic mass is 9.89. The van der Waals surface area contributed by atoms with Crippen molar-refractivity contribution in [2.75, 3.05) is 0 Å². The van der Waals surface area contributed by atoms with Crippen LogP contribution >= 0.6 is 27.5 Å². The molecule has 2 saturated carbocycles. The van der Waals surface area contributed by atoms with Crippen molar-refractivity contribution in [2.24, 2.45) is 0 Å². The van der Waals surface area contributed by atoms with Gasteiger partial charge in [-0.3, -0.25) is 0 Å². The lowest BCUT2D eigenvalue weighted by molar-refractivity contribution is -0.139. The first kappa shape index (κ1) is 26.3. The number of hydrogen-bond acceptors (Lipinski definition) is 1. The lowest BCUT2D eigenvalue weighted by Gasteiger charge is -2.29. The zero-order valence-electron chi connectivity index (χ0n) is 20.2.